The third-order valence-electron chi connectivity index (χ3n) is 5.47. The number of nitrogens with zero attached hydrogens (tertiary/aromatic N) is 5. The van der Waals surface area contributed by atoms with Gasteiger partial charge in [0, 0.05) is 78.5 Å². The van der Waals surface area contributed by atoms with Gasteiger partial charge in [0.15, 0.2) is 0 Å². The molecule has 3 N–H and O–H groups in total. The van der Waals surface area contributed by atoms with E-state index in [1.54, 1.807) is 0 Å². The molecule has 0 aromatic heterocycles. The molecule has 2 rings (SSSR count). The summed E-state index contributed by atoms with van der Waals surface area (Å²) < 4.78 is 0. The Balaban J connectivity index is 1.83. The van der Waals surface area contributed by atoms with Crippen LogP contribution in [0.1, 0.15) is 0 Å². The second kappa shape index (κ2) is 12.0. The molecular weight excluding hydrogens is 382 g/mol. The van der Waals surface area contributed by atoms with Crippen molar-refractivity contribution in [2.24, 2.45) is 0 Å². The highest BCUT2D eigenvalue weighted by atomic mass is 16.4. The molecular formula is C18H33N5O6. The Morgan fingerprint density at radius 1 is 0.448 bits per heavy atom. The zero-order valence-corrected chi connectivity index (χ0v) is 16.9. The first-order valence-electron chi connectivity index (χ1n) is 10.1. The van der Waals surface area contributed by atoms with Crippen molar-refractivity contribution in [2.45, 2.75) is 0 Å². The molecule has 29 heavy (non-hydrogen) atoms. The largest absolute Gasteiger partial charge is 0.480 e. The van der Waals surface area contributed by atoms with Crippen LogP contribution in [0.15, 0.2) is 0 Å². The van der Waals surface area contributed by atoms with E-state index in [1.165, 1.54) is 0 Å². The summed E-state index contributed by atoms with van der Waals surface area (Å²) in [4.78, 5) is 43.3. The van der Waals surface area contributed by atoms with Gasteiger partial charge in [0.1, 0.15) is 0 Å². The monoisotopic (exact) mass is 415 g/mol. The highest BCUT2D eigenvalue weighted by Crippen LogP contribution is 2.04. The van der Waals surface area contributed by atoms with Crippen molar-refractivity contribution >= 4 is 17.9 Å². The predicted molar refractivity (Wildman–Crippen MR) is 105 cm³/mol. The Kier molecular flexibility index (Phi) is 9.74. The summed E-state index contributed by atoms with van der Waals surface area (Å²) in [7, 11) is 0. The van der Waals surface area contributed by atoms with Crippen molar-refractivity contribution in [3.63, 3.8) is 0 Å². The number of rotatable bonds is 9. The fourth-order valence-electron chi connectivity index (χ4n) is 3.75. The molecule has 2 aliphatic heterocycles. The highest BCUT2D eigenvalue weighted by Gasteiger charge is 2.21. The molecule has 11 heteroatoms. The smallest absolute Gasteiger partial charge is 0.317 e. The van der Waals surface area contributed by atoms with E-state index >= 15 is 0 Å². The van der Waals surface area contributed by atoms with Crippen molar-refractivity contribution in [3.05, 3.63) is 0 Å². The highest BCUT2D eigenvalue weighted by molar-refractivity contribution is 5.69. The molecule has 2 aliphatic rings. The van der Waals surface area contributed by atoms with Crippen molar-refractivity contribution in [1.29, 1.82) is 0 Å². The van der Waals surface area contributed by atoms with Crippen molar-refractivity contribution in [1.82, 2.24) is 24.5 Å². The maximum atomic E-state index is 11.1. The number of carboxylic acids is 3. The van der Waals surface area contributed by atoms with E-state index in [-0.39, 0.29) is 19.6 Å². The zero-order valence-electron chi connectivity index (χ0n) is 16.9. The first-order valence-corrected chi connectivity index (χ1v) is 10.1. The number of piperazine rings is 1. The average Bonchev–Trinajstić information content (AvgIpc) is 2.72. The van der Waals surface area contributed by atoms with Crippen LogP contribution in [0.4, 0.5) is 0 Å². The maximum absolute atomic E-state index is 11.1. The van der Waals surface area contributed by atoms with Crippen molar-refractivity contribution < 1.29 is 29.7 Å². The quantitative estimate of drug-likeness (QED) is 0.379. The van der Waals surface area contributed by atoms with Gasteiger partial charge in [-0.3, -0.25) is 38.9 Å². The Morgan fingerprint density at radius 3 is 0.862 bits per heavy atom. The Hall–Kier alpha value is -1.79. The third kappa shape index (κ3) is 9.50. The minimum Gasteiger partial charge on any atom is -0.480 e. The van der Waals surface area contributed by atoms with Crippen LogP contribution in [0, 0.1) is 0 Å². The SMILES string of the molecule is O=C(O)CN1CCN(CCN2CCN(CC(=O)O)CCN(CC(=O)O)CC2)CC1. The van der Waals surface area contributed by atoms with Crippen LogP contribution in [0.2, 0.25) is 0 Å². The molecule has 0 bridgehead atoms. The molecule has 0 saturated carbocycles. The second-order valence-corrected chi connectivity index (χ2v) is 7.69. The Morgan fingerprint density at radius 2 is 0.655 bits per heavy atom. The molecule has 0 aromatic carbocycles. The lowest BCUT2D eigenvalue weighted by Gasteiger charge is -2.35. The fourth-order valence-corrected chi connectivity index (χ4v) is 3.75. The van der Waals surface area contributed by atoms with Gasteiger partial charge in [0.25, 0.3) is 0 Å². The summed E-state index contributed by atoms with van der Waals surface area (Å²) in [6, 6.07) is 0. The number of aliphatic carboxylic acids is 3. The normalized spacial score (nSPS) is 21.9. The first-order chi connectivity index (χ1) is 13.8. The number of carboxylic acid groups (broad SMARTS) is 3. The van der Waals surface area contributed by atoms with Gasteiger partial charge in [-0.1, -0.05) is 0 Å². The molecule has 2 fully saturated rings. The molecule has 0 spiro atoms. The standard InChI is InChI=1S/C18H33N5O6/c24-16(25)13-21-7-3-19(4-8-21)1-2-20-5-9-22(14-17(26)27)11-12-23(10-6-20)15-18(28)29/h1-15H2,(H,24,25)(H,26,27)(H,28,29). The van der Waals surface area contributed by atoms with Gasteiger partial charge in [-0.2, -0.15) is 0 Å². The topological polar surface area (TPSA) is 128 Å². The molecule has 0 atom stereocenters. The molecule has 0 aromatic rings. The fraction of sp³-hybridized carbons (Fsp3) is 0.833. The van der Waals surface area contributed by atoms with E-state index in [0.717, 1.165) is 52.4 Å². The Bertz CT molecular complexity index is 527. The second-order valence-electron chi connectivity index (χ2n) is 7.69. The molecule has 0 amide bonds. The van der Waals surface area contributed by atoms with Crippen molar-refractivity contribution in [3.8, 4) is 0 Å². The number of hydrogen-bond donors (Lipinski definition) is 3. The van der Waals surface area contributed by atoms with Crippen LogP contribution in [-0.2, 0) is 14.4 Å². The van der Waals surface area contributed by atoms with Gasteiger partial charge < -0.3 is 15.3 Å². The minimum atomic E-state index is -0.875. The summed E-state index contributed by atoms with van der Waals surface area (Å²) in [5.74, 6) is -2.55. The van der Waals surface area contributed by atoms with Gasteiger partial charge in [0.05, 0.1) is 19.6 Å². The number of hydrogen-bond acceptors (Lipinski definition) is 8. The van der Waals surface area contributed by atoms with E-state index in [0.29, 0.717) is 26.2 Å². The maximum Gasteiger partial charge on any atom is 0.317 e. The van der Waals surface area contributed by atoms with Crippen LogP contribution in [0.5, 0.6) is 0 Å². The summed E-state index contributed by atoms with van der Waals surface area (Å²) in [6.07, 6.45) is 0. The van der Waals surface area contributed by atoms with Crippen LogP contribution in [-0.4, -0.2) is 156 Å². The molecule has 166 valence electrons. The van der Waals surface area contributed by atoms with E-state index in [2.05, 4.69) is 9.80 Å². The van der Waals surface area contributed by atoms with Crippen LogP contribution >= 0.6 is 0 Å². The van der Waals surface area contributed by atoms with Crippen LogP contribution < -0.4 is 0 Å². The lowest BCUT2D eigenvalue weighted by molar-refractivity contribution is -0.140. The lowest BCUT2D eigenvalue weighted by Crippen LogP contribution is -2.50. The van der Waals surface area contributed by atoms with E-state index in [4.69, 9.17) is 15.3 Å². The summed E-state index contributed by atoms with van der Waals surface area (Å²) >= 11 is 0. The summed E-state index contributed by atoms with van der Waals surface area (Å²) in [6.45, 7) is 8.67. The average molecular weight is 415 g/mol. The predicted octanol–water partition coefficient (Wildman–Crippen LogP) is -2.22. The van der Waals surface area contributed by atoms with E-state index in [1.807, 2.05) is 14.7 Å². The number of carbonyl (C=O) groups is 3. The van der Waals surface area contributed by atoms with E-state index in [9.17, 15) is 14.4 Å². The molecule has 0 radical (unpaired) electrons. The van der Waals surface area contributed by atoms with Gasteiger partial charge in [0.2, 0.25) is 0 Å². The molecule has 0 unspecified atom stereocenters. The summed E-state index contributed by atoms with van der Waals surface area (Å²) in [5.41, 5.74) is 0. The first kappa shape index (κ1) is 23.5. The van der Waals surface area contributed by atoms with Gasteiger partial charge in [-0.15, -0.1) is 0 Å². The van der Waals surface area contributed by atoms with Gasteiger partial charge in [-0.05, 0) is 0 Å². The van der Waals surface area contributed by atoms with Gasteiger partial charge >= 0.3 is 17.9 Å². The molecule has 11 nitrogen and oxygen atoms in total. The lowest BCUT2D eigenvalue weighted by atomic mass is 10.3. The zero-order chi connectivity index (χ0) is 21.2. The molecule has 0 aliphatic carbocycles. The Labute approximate surface area is 171 Å². The van der Waals surface area contributed by atoms with Crippen LogP contribution in [0.25, 0.3) is 0 Å². The van der Waals surface area contributed by atoms with Gasteiger partial charge in [-0.25, -0.2) is 0 Å². The van der Waals surface area contributed by atoms with Crippen LogP contribution in [0.3, 0.4) is 0 Å². The minimum absolute atomic E-state index is 0.0414. The van der Waals surface area contributed by atoms with Crippen molar-refractivity contribution in [2.75, 3.05) is 98.2 Å². The molecule has 2 saturated heterocycles. The molecule has 2 heterocycles. The summed E-state index contributed by atoms with van der Waals surface area (Å²) in [5, 5.41) is 27.1. The third-order valence-corrected chi connectivity index (χ3v) is 5.47. The van der Waals surface area contributed by atoms with E-state index < -0.39 is 17.9 Å².